The summed E-state index contributed by atoms with van der Waals surface area (Å²) in [6.45, 7) is 2.96. The number of nitrogens with zero attached hydrogens (tertiary/aromatic N) is 5. The third-order valence-electron chi connectivity index (χ3n) is 10.4. The van der Waals surface area contributed by atoms with Crippen LogP contribution < -0.4 is 5.32 Å². The molecule has 4 aliphatic rings. The molecule has 0 bridgehead atoms. The van der Waals surface area contributed by atoms with Gasteiger partial charge in [0.05, 0.1) is 36.3 Å². The molecule has 1 saturated heterocycles. The van der Waals surface area contributed by atoms with E-state index in [0.717, 1.165) is 29.8 Å². The van der Waals surface area contributed by atoms with E-state index >= 15 is 0 Å². The van der Waals surface area contributed by atoms with Crippen LogP contribution in [0.1, 0.15) is 75.5 Å². The van der Waals surface area contributed by atoms with Crippen LogP contribution in [0.25, 0.3) is 0 Å². The van der Waals surface area contributed by atoms with Gasteiger partial charge in [-0.25, -0.2) is 0 Å². The third kappa shape index (κ3) is 4.17. The lowest BCUT2D eigenvalue weighted by Crippen LogP contribution is -2.64. The van der Waals surface area contributed by atoms with Crippen LogP contribution in [0, 0.1) is 28.7 Å². The molecule has 0 spiro atoms. The van der Waals surface area contributed by atoms with Gasteiger partial charge < -0.3 is 20.1 Å². The fourth-order valence-electron chi connectivity index (χ4n) is 8.27. The number of nitriles is 1. The van der Waals surface area contributed by atoms with Gasteiger partial charge in [-0.2, -0.15) is 5.26 Å². The highest BCUT2D eigenvalue weighted by Gasteiger charge is 2.61. The van der Waals surface area contributed by atoms with E-state index < -0.39 is 29.4 Å². The normalized spacial score (nSPS) is 33.6. The van der Waals surface area contributed by atoms with Crippen molar-refractivity contribution >= 4 is 17.6 Å². The molecule has 3 heterocycles. The molecule has 40 heavy (non-hydrogen) atoms. The number of aromatic nitrogens is 3. The number of fused-ring (bicyclic) bond motifs is 2. The molecule has 2 aliphatic carbocycles. The number of carbonyl (C=O) groups excluding carboxylic acids is 2. The number of hydrogen-bond acceptors (Lipinski definition) is 8. The van der Waals surface area contributed by atoms with Crippen molar-refractivity contribution in [3.63, 3.8) is 0 Å². The molecular formula is C30H38N6O4. The molecule has 3 fully saturated rings. The van der Waals surface area contributed by atoms with E-state index in [-0.39, 0.29) is 17.2 Å². The first-order valence-corrected chi connectivity index (χ1v) is 14.5. The summed E-state index contributed by atoms with van der Waals surface area (Å²) in [6.07, 6.45) is 10.3. The average Bonchev–Trinajstić information content (AvgIpc) is 3.71. The van der Waals surface area contributed by atoms with Crippen LogP contribution in [0.15, 0.2) is 30.5 Å². The number of rotatable bonds is 6. The van der Waals surface area contributed by atoms with Crippen molar-refractivity contribution in [2.45, 2.75) is 88.3 Å². The Morgan fingerprint density at radius 2 is 2.05 bits per heavy atom. The summed E-state index contributed by atoms with van der Waals surface area (Å²) >= 11 is 0. The van der Waals surface area contributed by atoms with Crippen LogP contribution in [-0.4, -0.2) is 62.7 Å². The van der Waals surface area contributed by atoms with Gasteiger partial charge in [-0.1, -0.05) is 43.2 Å². The summed E-state index contributed by atoms with van der Waals surface area (Å²) in [7, 11) is 1.35. The van der Waals surface area contributed by atoms with Crippen LogP contribution >= 0.6 is 0 Å². The van der Waals surface area contributed by atoms with Crippen LogP contribution in [0.4, 0.5) is 5.69 Å². The number of nitrogens with one attached hydrogen (secondary N) is 1. The second kappa shape index (κ2) is 10.2. The molecular weight excluding hydrogens is 508 g/mol. The molecule has 212 valence electrons. The summed E-state index contributed by atoms with van der Waals surface area (Å²) in [4.78, 5) is 28.8. The molecule has 10 nitrogen and oxygen atoms in total. The lowest BCUT2D eigenvalue weighted by Gasteiger charge is -2.56. The number of anilines is 1. The number of para-hydroxylation sites is 1. The molecule has 2 N–H and O–H groups in total. The molecule has 10 heteroatoms. The molecule has 2 saturated carbocycles. The van der Waals surface area contributed by atoms with Gasteiger partial charge in [0.1, 0.15) is 0 Å². The fourth-order valence-corrected chi connectivity index (χ4v) is 8.27. The number of methoxy groups -OCH3 is 1. The Kier molecular flexibility index (Phi) is 6.81. The SMILES string of the molecule is COC(=O)[C@@H]1[C@H]2C[C@@H]([C@@]3(CCn4cc(C5CCCC5)nn4)C(=O)Nc4ccccc43)N(C#N)C[C@]2(C)CC[C@@H]1O. The first-order chi connectivity index (χ1) is 19.3. The summed E-state index contributed by atoms with van der Waals surface area (Å²) in [5.41, 5.74) is 1.19. The Morgan fingerprint density at radius 3 is 2.80 bits per heavy atom. The fraction of sp³-hybridized carbons (Fsp3) is 0.633. The zero-order chi connectivity index (χ0) is 28.1. The van der Waals surface area contributed by atoms with Gasteiger partial charge in [-0.15, -0.1) is 5.10 Å². The number of likely N-dealkylation sites (tertiary alicyclic amines) is 1. The monoisotopic (exact) mass is 546 g/mol. The highest BCUT2D eigenvalue weighted by molar-refractivity contribution is 6.07. The number of carbonyl (C=O) groups is 2. The summed E-state index contributed by atoms with van der Waals surface area (Å²) < 4.78 is 6.97. The highest BCUT2D eigenvalue weighted by atomic mass is 16.5. The van der Waals surface area contributed by atoms with E-state index in [9.17, 15) is 20.0 Å². The first kappa shape index (κ1) is 26.8. The Morgan fingerprint density at radius 1 is 1.27 bits per heavy atom. The topological polar surface area (TPSA) is 133 Å². The number of ether oxygens (including phenoxy) is 1. The minimum absolute atomic E-state index is 0.148. The van der Waals surface area contributed by atoms with Gasteiger partial charge in [0.2, 0.25) is 5.91 Å². The molecule has 1 aromatic heterocycles. The van der Waals surface area contributed by atoms with E-state index in [4.69, 9.17) is 4.74 Å². The van der Waals surface area contributed by atoms with Crippen molar-refractivity contribution in [3.8, 4) is 6.19 Å². The van der Waals surface area contributed by atoms with Crippen molar-refractivity contribution in [2.24, 2.45) is 17.3 Å². The number of piperidine rings is 1. The Labute approximate surface area is 234 Å². The minimum Gasteiger partial charge on any atom is -0.469 e. The summed E-state index contributed by atoms with van der Waals surface area (Å²) in [6, 6.07) is 7.18. The van der Waals surface area contributed by atoms with Gasteiger partial charge in [-0.3, -0.25) is 14.3 Å². The van der Waals surface area contributed by atoms with Crippen LogP contribution in [0.3, 0.4) is 0 Å². The number of amides is 1. The van der Waals surface area contributed by atoms with E-state index in [0.29, 0.717) is 44.7 Å². The van der Waals surface area contributed by atoms with Gasteiger partial charge >= 0.3 is 5.97 Å². The maximum atomic E-state index is 14.1. The average molecular weight is 547 g/mol. The second-order valence-electron chi connectivity index (χ2n) is 12.5. The summed E-state index contributed by atoms with van der Waals surface area (Å²) in [5.74, 6) is -1.08. The smallest absolute Gasteiger partial charge is 0.311 e. The van der Waals surface area contributed by atoms with Crippen molar-refractivity contribution in [3.05, 3.63) is 41.7 Å². The maximum Gasteiger partial charge on any atom is 0.311 e. The zero-order valence-corrected chi connectivity index (χ0v) is 23.3. The number of benzene rings is 1. The third-order valence-corrected chi connectivity index (χ3v) is 10.4. The lowest BCUT2D eigenvalue weighted by molar-refractivity contribution is -0.167. The van der Waals surface area contributed by atoms with E-state index in [1.807, 2.05) is 35.1 Å². The van der Waals surface area contributed by atoms with Crippen molar-refractivity contribution in [1.82, 2.24) is 19.9 Å². The molecule has 6 rings (SSSR count). The van der Waals surface area contributed by atoms with Crippen LogP contribution in [0.2, 0.25) is 0 Å². The van der Waals surface area contributed by atoms with Gasteiger partial charge in [-0.05, 0) is 61.5 Å². The predicted octanol–water partition coefficient (Wildman–Crippen LogP) is 3.34. The first-order valence-electron chi connectivity index (χ1n) is 14.5. The van der Waals surface area contributed by atoms with Crippen LogP contribution in [0.5, 0.6) is 0 Å². The number of hydrogen-bond donors (Lipinski definition) is 2. The number of aliphatic hydroxyl groups is 1. The van der Waals surface area contributed by atoms with Gasteiger partial charge in [0, 0.05) is 30.9 Å². The maximum absolute atomic E-state index is 14.1. The van der Waals surface area contributed by atoms with Gasteiger partial charge in [0.25, 0.3) is 0 Å². The highest BCUT2D eigenvalue weighted by Crippen LogP contribution is 2.56. The van der Waals surface area contributed by atoms with E-state index in [1.165, 1.54) is 20.0 Å². The molecule has 2 aliphatic heterocycles. The van der Waals surface area contributed by atoms with Crippen molar-refractivity contribution in [1.29, 1.82) is 5.26 Å². The molecule has 6 atom stereocenters. The molecule has 2 aromatic rings. The Hall–Kier alpha value is -3.45. The quantitative estimate of drug-likeness (QED) is 0.416. The summed E-state index contributed by atoms with van der Waals surface area (Å²) in [5, 5.41) is 33.3. The van der Waals surface area contributed by atoms with E-state index in [1.54, 1.807) is 4.90 Å². The van der Waals surface area contributed by atoms with Crippen molar-refractivity contribution in [2.75, 3.05) is 19.0 Å². The number of aryl methyl sites for hydroxylation is 1. The number of aliphatic hydroxyl groups excluding tert-OH is 1. The second-order valence-corrected chi connectivity index (χ2v) is 12.5. The Balaban J connectivity index is 1.39. The van der Waals surface area contributed by atoms with Gasteiger partial charge in [0.15, 0.2) is 6.19 Å². The lowest BCUT2D eigenvalue weighted by atomic mass is 9.54. The predicted molar refractivity (Wildman–Crippen MR) is 146 cm³/mol. The largest absolute Gasteiger partial charge is 0.469 e. The molecule has 1 aromatic carbocycles. The van der Waals surface area contributed by atoms with Crippen molar-refractivity contribution < 1.29 is 19.4 Å². The molecule has 0 unspecified atom stereocenters. The Bertz CT molecular complexity index is 1330. The zero-order valence-electron chi connectivity index (χ0n) is 23.3. The molecule has 1 amide bonds. The standard InChI is InChI=1S/C30H38N6O4/c1-29-12-11-24(37)26(27(38)40-2)21(29)15-25(35(17-29)18-31)30(20-9-5-6-10-22(20)32-28(30)39)13-14-36-16-23(33-34-36)19-7-3-4-8-19/h5-6,9-10,16,19,21,24-26,37H,3-4,7-8,11-15,17H2,1-2H3,(H,32,39)/t21-,24+,25+,26-,29+,30+/m1/s1. The van der Waals surface area contributed by atoms with E-state index in [2.05, 4.69) is 28.7 Å². The molecule has 0 radical (unpaired) electrons. The van der Waals surface area contributed by atoms with Crippen LogP contribution in [-0.2, 0) is 26.3 Å². The number of esters is 1. The minimum atomic E-state index is -1.05.